The lowest BCUT2D eigenvalue weighted by Gasteiger charge is -2.32. The van der Waals surface area contributed by atoms with Crippen molar-refractivity contribution in [3.63, 3.8) is 0 Å². The monoisotopic (exact) mass is 425 g/mol. The number of aromatic nitrogens is 2. The van der Waals surface area contributed by atoms with Gasteiger partial charge >= 0.3 is 0 Å². The Kier molecular flexibility index (Phi) is 6.02. The fourth-order valence-electron chi connectivity index (χ4n) is 5.25. The van der Waals surface area contributed by atoms with E-state index >= 15 is 0 Å². The van der Waals surface area contributed by atoms with Crippen LogP contribution in [-0.4, -0.2) is 44.9 Å². The first-order valence-corrected chi connectivity index (χ1v) is 11.3. The van der Waals surface area contributed by atoms with Crippen molar-refractivity contribution in [3.8, 4) is 5.69 Å². The highest BCUT2D eigenvalue weighted by Crippen LogP contribution is 2.47. The van der Waals surface area contributed by atoms with Crippen molar-refractivity contribution in [3.05, 3.63) is 58.7 Å². The van der Waals surface area contributed by atoms with Crippen LogP contribution >= 0.6 is 0 Å². The molecule has 1 aromatic heterocycles. The lowest BCUT2D eigenvalue weighted by atomic mass is 9.79. The Bertz CT molecular complexity index is 981. The number of carbonyl (C=O) groups is 1. The minimum Gasteiger partial charge on any atom is -0.392 e. The first-order valence-electron chi connectivity index (χ1n) is 11.3. The zero-order chi connectivity index (χ0) is 22.3. The van der Waals surface area contributed by atoms with E-state index in [1.54, 1.807) is 19.1 Å². The second kappa shape index (κ2) is 8.58. The Morgan fingerprint density at radius 1 is 1.26 bits per heavy atom. The summed E-state index contributed by atoms with van der Waals surface area (Å²) < 4.78 is 15.3. The zero-order valence-corrected chi connectivity index (χ0v) is 18.8. The SMILES string of the molecule is CC(C)CN(C[C@@H](C)O)C(=O)[C@@H]1CCC2=C1[C@@H](C)c1cnn(-c3ccc(F)cc3)c1C2. The summed E-state index contributed by atoms with van der Waals surface area (Å²) in [6.45, 7) is 9.13. The van der Waals surface area contributed by atoms with Crippen molar-refractivity contribution in [1.29, 1.82) is 0 Å². The van der Waals surface area contributed by atoms with Gasteiger partial charge in [0.25, 0.3) is 0 Å². The molecule has 1 amide bonds. The molecule has 1 N–H and O–H groups in total. The first kappa shape index (κ1) is 21.8. The number of hydrogen-bond acceptors (Lipinski definition) is 3. The largest absolute Gasteiger partial charge is 0.392 e. The van der Waals surface area contributed by atoms with Crippen LogP contribution in [0.4, 0.5) is 4.39 Å². The standard InChI is InChI=1S/C25H32FN3O2/c1-15(2)13-28(14-16(3)30)25(31)21-10-5-18-11-23-22(17(4)24(18)21)12-27-29(23)20-8-6-19(26)7-9-20/h6-9,12,15-17,21,30H,5,10-11,13-14H2,1-4H3/t16-,17+,21-/m1/s1. The van der Waals surface area contributed by atoms with E-state index in [-0.39, 0.29) is 23.6 Å². The number of rotatable bonds is 6. The molecule has 3 atom stereocenters. The van der Waals surface area contributed by atoms with Gasteiger partial charge in [-0.3, -0.25) is 4.79 Å². The topological polar surface area (TPSA) is 58.4 Å². The Balaban J connectivity index is 1.62. The Morgan fingerprint density at radius 2 is 1.97 bits per heavy atom. The van der Waals surface area contributed by atoms with E-state index in [2.05, 4.69) is 25.9 Å². The minimum absolute atomic E-state index is 0.121. The van der Waals surface area contributed by atoms with E-state index < -0.39 is 6.10 Å². The molecule has 0 fully saturated rings. The van der Waals surface area contributed by atoms with Crippen LogP contribution in [0.3, 0.4) is 0 Å². The molecule has 0 spiro atoms. The molecule has 2 aliphatic rings. The molecule has 1 heterocycles. The van der Waals surface area contributed by atoms with Crippen LogP contribution in [0, 0.1) is 17.7 Å². The Hall–Kier alpha value is -2.47. The number of amides is 1. The van der Waals surface area contributed by atoms with Crippen LogP contribution in [0.15, 0.2) is 41.6 Å². The normalized spacial score (nSPS) is 21.3. The van der Waals surface area contributed by atoms with E-state index in [1.807, 2.05) is 15.8 Å². The Labute approximate surface area is 183 Å². The number of aliphatic hydroxyl groups excluding tert-OH is 1. The molecule has 2 aromatic rings. The van der Waals surface area contributed by atoms with Gasteiger partial charge in [0.05, 0.1) is 29.6 Å². The van der Waals surface area contributed by atoms with Crippen LogP contribution in [0.1, 0.15) is 57.7 Å². The molecule has 6 heteroatoms. The van der Waals surface area contributed by atoms with Gasteiger partial charge < -0.3 is 10.0 Å². The number of fused-ring (bicyclic) bond motifs is 1. The summed E-state index contributed by atoms with van der Waals surface area (Å²) >= 11 is 0. The van der Waals surface area contributed by atoms with Crippen LogP contribution < -0.4 is 0 Å². The minimum atomic E-state index is -0.540. The highest BCUT2D eigenvalue weighted by Gasteiger charge is 2.40. The summed E-state index contributed by atoms with van der Waals surface area (Å²) in [6, 6.07) is 6.40. The molecule has 2 aliphatic carbocycles. The third-order valence-electron chi connectivity index (χ3n) is 6.48. The van der Waals surface area contributed by atoms with E-state index in [9.17, 15) is 14.3 Å². The van der Waals surface area contributed by atoms with E-state index in [0.29, 0.717) is 19.0 Å². The molecule has 4 rings (SSSR count). The number of carbonyl (C=O) groups excluding carboxylic acids is 1. The quantitative estimate of drug-likeness (QED) is 0.704. The summed E-state index contributed by atoms with van der Waals surface area (Å²) in [7, 11) is 0. The summed E-state index contributed by atoms with van der Waals surface area (Å²) in [5.41, 5.74) is 5.71. The smallest absolute Gasteiger partial charge is 0.229 e. The van der Waals surface area contributed by atoms with Gasteiger partial charge in [0.15, 0.2) is 0 Å². The number of halogens is 1. The highest BCUT2D eigenvalue weighted by molar-refractivity contribution is 5.83. The van der Waals surface area contributed by atoms with Crippen molar-refractivity contribution in [2.75, 3.05) is 13.1 Å². The molecule has 5 nitrogen and oxygen atoms in total. The number of benzene rings is 1. The molecule has 0 aliphatic heterocycles. The fourth-order valence-corrected chi connectivity index (χ4v) is 5.25. The van der Waals surface area contributed by atoms with Crippen LogP contribution in [0.5, 0.6) is 0 Å². The number of nitrogens with zero attached hydrogens (tertiary/aromatic N) is 3. The van der Waals surface area contributed by atoms with Crippen molar-refractivity contribution in [2.24, 2.45) is 11.8 Å². The predicted octanol–water partition coefficient (Wildman–Crippen LogP) is 4.24. The molecule has 0 saturated heterocycles. The second-order valence-electron chi connectivity index (χ2n) is 9.47. The van der Waals surface area contributed by atoms with Gasteiger partial charge in [-0.25, -0.2) is 9.07 Å². The van der Waals surface area contributed by atoms with Gasteiger partial charge in [-0.2, -0.15) is 5.10 Å². The molecule has 0 bridgehead atoms. The van der Waals surface area contributed by atoms with E-state index in [0.717, 1.165) is 36.2 Å². The summed E-state index contributed by atoms with van der Waals surface area (Å²) in [5.74, 6) is 0.229. The maximum absolute atomic E-state index is 13.5. The number of allylic oxidation sites excluding steroid dienone is 1. The van der Waals surface area contributed by atoms with Crippen molar-refractivity contribution in [2.45, 2.75) is 59.0 Å². The zero-order valence-electron chi connectivity index (χ0n) is 18.8. The van der Waals surface area contributed by atoms with Gasteiger partial charge in [-0.15, -0.1) is 0 Å². The third kappa shape index (κ3) is 4.18. The molecule has 0 radical (unpaired) electrons. The molecule has 31 heavy (non-hydrogen) atoms. The maximum Gasteiger partial charge on any atom is 0.229 e. The van der Waals surface area contributed by atoms with Crippen LogP contribution in [0.2, 0.25) is 0 Å². The molecule has 0 unspecified atom stereocenters. The Morgan fingerprint density at radius 3 is 2.61 bits per heavy atom. The lowest BCUT2D eigenvalue weighted by molar-refractivity contribution is -0.136. The van der Waals surface area contributed by atoms with E-state index in [1.165, 1.54) is 23.3 Å². The maximum atomic E-state index is 13.5. The van der Waals surface area contributed by atoms with Gasteiger partial charge in [0.2, 0.25) is 5.91 Å². The summed E-state index contributed by atoms with van der Waals surface area (Å²) in [6.07, 6.45) is 3.87. The van der Waals surface area contributed by atoms with Crippen molar-refractivity contribution in [1.82, 2.24) is 14.7 Å². The number of aliphatic hydroxyl groups is 1. The summed E-state index contributed by atoms with van der Waals surface area (Å²) in [5, 5.41) is 14.5. The first-order chi connectivity index (χ1) is 14.8. The lowest BCUT2D eigenvalue weighted by Crippen LogP contribution is -2.42. The second-order valence-corrected chi connectivity index (χ2v) is 9.47. The fraction of sp³-hybridized carbons (Fsp3) is 0.520. The van der Waals surface area contributed by atoms with Crippen molar-refractivity contribution < 1.29 is 14.3 Å². The van der Waals surface area contributed by atoms with Gasteiger partial charge in [0, 0.05) is 31.0 Å². The molecular formula is C25H32FN3O2. The average Bonchev–Trinajstić information content (AvgIpc) is 3.32. The summed E-state index contributed by atoms with van der Waals surface area (Å²) in [4.78, 5) is 15.4. The highest BCUT2D eigenvalue weighted by atomic mass is 19.1. The van der Waals surface area contributed by atoms with Crippen molar-refractivity contribution >= 4 is 5.91 Å². The van der Waals surface area contributed by atoms with Gasteiger partial charge in [0.1, 0.15) is 5.82 Å². The van der Waals surface area contributed by atoms with E-state index in [4.69, 9.17) is 0 Å². The average molecular weight is 426 g/mol. The van der Waals surface area contributed by atoms with Gasteiger partial charge in [-0.05, 0) is 49.9 Å². The third-order valence-corrected chi connectivity index (χ3v) is 6.48. The van der Waals surface area contributed by atoms with Crippen LogP contribution in [0.25, 0.3) is 5.69 Å². The number of hydrogen-bond donors (Lipinski definition) is 1. The van der Waals surface area contributed by atoms with Crippen LogP contribution in [-0.2, 0) is 11.2 Å². The molecule has 166 valence electrons. The molecule has 1 aromatic carbocycles. The molecule has 0 saturated carbocycles. The molecular weight excluding hydrogens is 393 g/mol. The predicted molar refractivity (Wildman–Crippen MR) is 118 cm³/mol. The van der Waals surface area contributed by atoms with Gasteiger partial charge in [-0.1, -0.05) is 31.9 Å².